The van der Waals surface area contributed by atoms with Crippen LogP contribution in [0.25, 0.3) is 0 Å². The largest absolute Gasteiger partial charge is 0.343 e. The Morgan fingerprint density at radius 3 is 2.44 bits per heavy atom. The van der Waals surface area contributed by atoms with Gasteiger partial charge in [-0.25, -0.2) is 9.18 Å². The van der Waals surface area contributed by atoms with Gasteiger partial charge in [0, 0.05) is 19.5 Å². The third kappa shape index (κ3) is 3.65. The molecule has 2 heterocycles. The lowest BCUT2D eigenvalue weighted by Gasteiger charge is -2.38. The van der Waals surface area contributed by atoms with Gasteiger partial charge in [-0.3, -0.25) is 14.9 Å². The van der Waals surface area contributed by atoms with E-state index >= 15 is 0 Å². The fourth-order valence-electron chi connectivity index (χ4n) is 3.61. The van der Waals surface area contributed by atoms with Crippen molar-refractivity contribution < 1.29 is 18.8 Å². The molecule has 6 nitrogen and oxygen atoms in total. The van der Waals surface area contributed by atoms with Crippen molar-refractivity contribution >= 4 is 17.8 Å². The number of likely N-dealkylation sites (tertiary alicyclic amines) is 1. The number of carbonyl (C=O) groups is 3. The molecule has 2 N–H and O–H groups in total. The van der Waals surface area contributed by atoms with E-state index in [4.69, 9.17) is 0 Å². The number of amides is 4. The number of imide groups is 1. The van der Waals surface area contributed by atoms with Gasteiger partial charge in [-0.05, 0) is 49.8 Å². The molecular formula is C18H22FN3O3. The summed E-state index contributed by atoms with van der Waals surface area (Å²) < 4.78 is 12.9. The molecule has 0 radical (unpaired) electrons. The Labute approximate surface area is 145 Å². The second kappa shape index (κ2) is 6.82. The minimum absolute atomic E-state index is 0.0140. The maximum Gasteiger partial charge on any atom is 0.322 e. The van der Waals surface area contributed by atoms with E-state index in [9.17, 15) is 18.8 Å². The second-order valence-electron chi connectivity index (χ2n) is 6.89. The van der Waals surface area contributed by atoms with Gasteiger partial charge < -0.3 is 10.2 Å². The molecule has 0 spiro atoms. The van der Waals surface area contributed by atoms with E-state index in [0.717, 1.165) is 5.56 Å². The molecule has 4 amide bonds. The SMILES string of the molecule is CC1(C2CCN(C(=O)CCc3ccc(F)cc3)CC2)NC(=O)NC1=O. The van der Waals surface area contributed by atoms with Crippen LogP contribution in [0.15, 0.2) is 24.3 Å². The maximum atomic E-state index is 12.9. The van der Waals surface area contributed by atoms with Crippen LogP contribution in [0.2, 0.25) is 0 Å². The molecule has 7 heteroatoms. The summed E-state index contributed by atoms with van der Waals surface area (Å²) in [7, 11) is 0. The normalized spacial score (nSPS) is 24.2. The summed E-state index contributed by atoms with van der Waals surface area (Å²) in [5.74, 6) is -0.500. The fourth-order valence-corrected chi connectivity index (χ4v) is 3.61. The Balaban J connectivity index is 1.50. The first-order valence-corrected chi connectivity index (χ1v) is 8.54. The molecule has 3 rings (SSSR count). The van der Waals surface area contributed by atoms with Crippen LogP contribution in [-0.4, -0.2) is 41.4 Å². The van der Waals surface area contributed by atoms with E-state index in [0.29, 0.717) is 38.8 Å². The monoisotopic (exact) mass is 347 g/mol. The molecule has 1 aromatic rings. The lowest BCUT2D eigenvalue weighted by Crippen LogP contribution is -2.54. The molecule has 0 aliphatic carbocycles. The van der Waals surface area contributed by atoms with E-state index in [1.807, 2.05) is 0 Å². The van der Waals surface area contributed by atoms with Crippen LogP contribution in [0.3, 0.4) is 0 Å². The highest BCUT2D eigenvalue weighted by Crippen LogP contribution is 2.30. The summed E-state index contributed by atoms with van der Waals surface area (Å²) in [6.45, 7) is 2.89. The van der Waals surface area contributed by atoms with Crippen molar-refractivity contribution in [1.29, 1.82) is 0 Å². The molecule has 2 fully saturated rings. The van der Waals surface area contributed by atoms with Crippen LogP contribution in [-0.2, 0) is 16.0 Å². The maximum absolute atomic E-state index is 12.9. The molecule has 2 aliphatic heterocycles. The minimum atomic E-state index is -0.889. The summed E-state index contributed by atoms with van der Waals surface area (Å²) in [6, 6.07) is 5.72. The number of nitrogens with one attached hydrogen (secondary N) is 2. The molecule has 2 aliphatic rings. The highest BCUT2D eigenvalue weighted by Gasteiger charge is 2.48. The van der Waals surface area contributed by atoms with Crippen molar-refractivity contribution in [2.75, 3.05) is 13.1 Å². The standard InChI is InChI=1S/C18H22FN3O3/c1-18(16(24)20-17(25)21-18)13-8-10-22(11-9-13)15(23)7-4-12-2-5-14(19)6-3-12/h2-3,5-6,13H,4,7-11H2,1H3,(H2,20,21,24,25). The van der Waals surface area contributed by atoms with Crippen LogP contribution < -0.4 is 10.6 Å². The Kier molecular flexibility index (Phi) is 4.74. The van der Waals surface area contributed by atoms with Gasteiger partial charge in [-0.15, -0.1) is 0 Å². The first-order chi connectivity index (χ1) is 11.9. The Morgan fingerprint density at radius 2 is 1.88 bits per heavy atom. The smallest absolute Gasteiger partial charge is 0.322 e. The number of carbonyl (C=O) groups excluding carboxylic acids is 3. The van der Waals surface area contributed by atoms with Crippen LogP contribution in [0.4, 0.5) is 9.18 Å². The van der Waals surface area contributed by atoms with Crippen molar-refractivity contribution in [2.24, 2.45) is 5.92 Å². The fraction of sp³-hybridized carbons (Fsp3) is 0.500. The molecule has 1 atom stereocenters. The Bertz CT molecular complexity index is 683. The summed E-state index contributed by atoms with van der Waals surface area (Å²) in [4.78, 5) is 37.6. The second-order valence-corrected chi connectivity index (χ2v) is 6.89. The van der Waals surface area contributed by atoms with Gasteiger partial charge in [0.25, 0.3) is 5.91 Å². The van der Waals surface area contributed by atoms with Gasteiger partial charge >= 0.3 is 6.03 Å². The number of hydrogen-bond donors (Lipinski definition) is 2. The number of piperidine rings is 1. The minimum Gasteiger partial charge on any atom is -0.343 e. The van der Waals surface area contributed by atoms with E-state index in [2.05, 4.69) is 10.6 Å². The third-order valence-electron chi connectivity index (χ3n) is 5.28. The van der Waals surface area contributed by atoms with Crippen LogP contribution in [0, 0.1) is 11.7 Å². The predicted molar refractivity (Wildman–Crippen MR) is 89.1 cm³/mol. The first-order valence-electron chi connectivity index (χ1n) is 8.54. The topological polar surface area (TPSA) is 78.5 Å². The predicted octanol–water partition coefficient (Wildman–Crippen LogP) is 1.59. The zero-order chi connectivity index (χ0) is 18.0. The summed E-state index contributed by atoms with van der Waals surface area (Å²) in [6.07, 6.45) is 2.30. The Hall–Kier alpha value is -2.44. The highest BCUT2D eigenvalue weighted by atomic mass is 19.1. The number of halogens is 1. The number of nitrogens with zero attached hydrogens (tertiary/aromatic N) is 1. The number of hydrogen-bond acceptors (Lipinski definition) is 3. The highest BCUT2D eigenvalue weighted by molar-refractivity contribution is 6.07. The molecule has 2 saturated heterocycles. The number of aryl methyl sites for hydroxylation is 1. The van der Waals surface area contributed by atoms with Gasteiger partial charge in [0.2, 0.25) is 5.91 Å². The lowest BCUT2D eigenvalue weighted by molar-refractivity contribution is -0.133. The average molecular weight is 347 g/mol. The lowest BCUT2D eigenvalue weighted by atomic mass is 9.79. The first kappa shape index (κ1) is 17.4. The van der Waals surface area contributed by atoms with Gasteiger partial charge in [-0.2, -0.15) is 0 Å². The molecule has 0 saturated carbocycles. The molecule has 0 aromatic heterocycles. The van der Waals surface area contributed by atoms with Gasteiger partial charge in [-0.1, -0.05) is 12.1 Å². The third-order valence-corrected chi connectivity index (χ3v) is 5.28. The van der Waals surface area contributed by atoms with E-state index in [-0.39, 0.29) is 23.5 Å². The number of rotatable bonds is 4. The Morgan fingerprint density at radius 1 is 1.24 bits per heavy atom. The van der Waals surface area contributed by atoms with Gasteiger partial charge in [0.15, 0.2) is 0 Å². The zero-order valence-electron chi connectivity index (χ0n) is 14.2. The van der Waals surface area contributed by atoms with Crippen molar-refractivity contribution in [2.45, 2.75) is 38.1 Å². The quantitative estimate of drug-likeness (QED) is 0.812. The van der Waals surface area contributed by atoms with Gasteiger partial charge in [0.05, 0.1) is 0 Å². The molecule has 25 heavy (non-hydrogen) atoms. The van der Waals surface area contributed by atoms with Crippen LogP contribution in [0.5, 0.6) is 0 Å². The van der Waals surface area contributed by atoms with E-state index < -0.39 is 11.6 Å². The van der Waals surface area contributed by atoms with Crippen LogP contribution >= 0.6 is 0 Å². The average Bonchev–Trinajstić information content (AvgIpc) is 2.87. The van der Waals surface area contributed by atoms with Crippen LogP contribution in [0.1, 0.15) is 31.7 Å². The molecule has 1 unspecified atom stereocenters. The van der Waals surface area contributed by atoms with E-state index in [1.54, 1.807) is 24.0 Å². The van der Waals surface area contributed by atoms with Crippen molar-refractivity contribution in [3.63, 3.8) is 0 Å². The molecule has 0 bridgehead atoms. The summed E-state index contributed by atoms with van der Waals surface area (Å²) >= 11 is 0. The van der Waals surface area contributed by atoms with Crippen molar-refractivity contribution in [1.82, 2.24) is 15.5 Å². The number of urea groups is 1. The summed E-state index contributed by atoms with van der Waals surface area (Å²) in [5.41, 5.74) is 0.0443. The zero-order valence-corrected chi connectivity index (χ0v) is 14.2. The van der Waals surface area contributed by atoms with E-state index in [1.165, 1.54) is 12.1 Å². The molecule has 134 valence electrons. The molecule has 1 aromatic carbocycles. The number of benzene rings is 1. The summed E-state index contributed by atoms with van der Waals surface area (Å²) in [5, 5.41) is 5.00. The molecular weight excluding hydrogens is 325 g/mol. The van der Waals surface area contributed by atoms with Gasteiger partial charge in [0.1, 0.15) is 11.4 Å². The van der Waals surface area contributed by atoms with Crippen molar-refractivity contribution in [3.8, 4) is 0 Å². The van der Waals surface area contributed by atoms with Crippen molar-refractivity contribution in [3.05, 3.63) is 35.6 Å².